The van der Waals surface area contributed by atoms with Gasteiger partial charge in [-0.3, -0.25) is 4.79 Å². The molecule has 0 bridgehead atoms. The number of aromatic nitrogens is 2. The fourth-order valence-electron chi connectivity index (χ4n) is 2.23. The van der Waals surface area contributed by atoms with Crippen LogP contribution in [0.15, 0.2) is 64.9 Å². The summed E-state index contributed by atoms with van der Waals surface area (Å²) >= 11 is 1.36. The van der Waals surface area contributed by atoms with Crippen LogP contribution >= 0.6 is 11.8 Å². The molecule has 0 radical (unpaired) electrons. The van der Waals surface area contributed by atoms with Gasteiger partial charge in [-0.25, -0.2) is 10.4 Å². The third-order valence-corrected chi connectivity index (χ3v) is 4.39. The lowest BCUT2D eigenvalue weighted by Gasteiger charge is -2.05. The Kier molecular flexibility index (Phi) is 5.28. The predicted octanol–water partition coefficient (Wildman–Crippen LogP) is 3.56. The summed E-state index contributed by atoms with van der Waals surface area (Å²) in [5, 5.41) is 4.76. The van der Waals surface area contributed by atoms with E-state index in [1.165, 1.54) is 11.8 Å². The fraction of sp³-hybridized carbons (Fsp3) is 0.167. The number of rotatable bonds is 6. The summed E-state index contributed by atoms with van der Waals surface area (Å²) in [5.41, 5.74) is 5.58. The van der Waals surface area contributed by atoms with Crippen molar-refractivity contribution in [2.45, 2.75) is 18.0 Å². The molecule has 1 amide bonds. The molecule has 0 spiro atoms. The van der Waals surface area contributed by atoms with Crippen molar-refractivity contribution in [3.05, 3.63) is 60.2 Å². The highest BCUT2D eigenvalue weighted by Crippen LogP contribution is 2.18. The summed E-state index contributed by atoms with van der Waals surface area (Å²) < 4.78 is 0. The number of carbonyl (C=O) groups is 1. The number of fused-ring (bicyclic) bond motifs is 1. The van der Waals surface area contributed by atoms with E-state index >= 15 is 0 Å². The molecule has 3 aromatic rings. The molecule has 1 aromatic heterocycles. The zero-order valence-corrected chi connectivity index (χ0v) is 14.1. The average molecular weight is 338 g/mol. The topological polar surface area (TPSA) is 70.1 Å². The van der Waals surface area contributed by atoms with Crippen LogP contribution in [0.4, 0.5) is 0 Å². The first-order valence-electron chi connectivity index (χ1n) is 7.67. The van der Waals surface area contributed by atoms with Gasteiger partial charge in [-0.1, -0.05) is 61.2 Å². The number of hydrazone groups is 1. The maximum absolute atomic E-state index is 11.9. The lowest BCUT2D eigenvalue weighted by atomic mass is 10.0. The number of carbonyl (C=O) groups excluding carboxylic acids is 1. The van der Waals surface area contributed by atoms with Gasteiger partial charge in [0.15, 0.2) is 5.16 Å². The number of imidazole rings is 1. The molecule has 1 atom stereocenters. The summed E-state index contributed by atoms with van der Waals surface area (Å²) in [6, 6.07) is 17.8. The van der Waals surface area contributed by atoms with Crippen molar-refractivity contribution in [3.63, 3.8) is 0 Å². The molecule has 1 heterocycles. The van der Waals surface area contributed by atoms with Gasteiger partial charge in [0.1, 0.15) is 0 Å². The minimum absolute atomic E-state index is 0.148. The molecule has 2 N–H and O–H groups in total. The standard InChI is InChI=1S/C18H18N4OS/c1-13(14-7-3-2-4-8-14)11-19-22-17(23)12-24-18-20-15-9-5-6-10-16(15)21-18/h2-11,13H,12H2,1H3,(H,20,21)(H,22,23)/b19-11+. The van der Waals surface area contributed by atoms with Crippen LogP contribution in [0.5, 0.6) is 0 Å². The molecule has 24 heavy (non-hydrogen) atoms. The van der Waals surface area contributed by atoms with E-state index in [0.717, 1.165) is 21.8 Å². The molecule has 3 rings (SSSR count). The van der Waals surface area contributed by atoms with E-state index in [0.29, 0.717) is 0 Å². The number of thioether (sulfide) groups is 1. The number of H-pyrrole nitrogens is 1. The summed E-state index contributed by atoms with van der Waals surface area (Å²) in [6.07, 6.45) is 1.74. The molecular formula is C18H18N4OS. The van der Waals surface area contributed by atoms with E-state index in [9.17, 15) is 4.79 Å². The summed E-state index contributed by atoms with van der Waals surface area (Å²) in [5.74, 6) is 0.253. The number of nitrogens with zero attached hydrogens (tertiary/aromatic N) is 2. The second kappa shape index (κ2) is 7.79. The monoisotopic (exact) mass is 338 g/mol. The first-order valence-corrected chi connectivity index (χ1v) is 8.65. The Morgan fingerprint density at radius 3 is 2.79 bits per heavy atom. The van der Waals surface area contributed by atoms with Gasteiger partial charge in [0.25, 0.3) is 5.91 Å². The third-order valence-electron chi connectivity index (χ3n) is 3.52. The summed E-state index contributed by atoms with van der Waals surface area (Å²) in [4.78, 5) is 19.5. The lowest BCUT2D eigenvalue weighted by molar-refractivity contribution is -0.118. The Bertz CT molecular complexity index is 811. The highest BCUT2D eigenvalue weighted by molar-refractivity contribution is 7.99. The van der Waals surface area contributed by atoms with Crippen molar-refractivity contribution in [2.24, 2.45) is 5.10 Å². The highest BCUT2D eigenvalue weighted by atomic mass is 32.2. The van der Waals surface area contributed by atoms with Crippen LogP contribution in [0, 0.1) is 0 Å². The second-order valence-corrected chi connectivity index (χ2v) is 6.32. The van der Waals surface area contributed by atoms with Gasteiger partial charge in [-0.2, -0.15) is 5.10 Å². The van der Waals surface area contributed by atoms with Crippen LogP contribution in [0.1, 0.15) is 18.4 Å². The SMILES string of the molecule is CC(/C=N/NC(=O)CSc1nc2ccccc2[nH]1)c1ccccc1. The molecule has 0 saturated heterocycles. The maximum Gasteiger partial charge on any atom is 0.250 e. The van der Waals surface area contributed by atoms with Crippen LogP contribution < -0.4 is 5.43 Å². The molecule has 0 aliphatic rings. The van der Waals surface area contributed by atoms with Gasteiger partial charge >= 0.3 is 0 Å². The largest absolute Gasteiger partial charge is 0.333 e. The van der Waals surface area contributed by atoms with Gasteiger partial charge in [0.05, 0.1) is 16.8 Å². The van der Waals surface area contributed by atoms with Gasteiger partial charge in [0.2, 0.25) is 0 Å². The first-order chi connectivity index (χ1) is 11.7. The zero-order valence-electron chi connectivity index (χ0n) is 13.3. The van der Waals surface area contributed by atoms with Crippen LogP contribution in [-0.4, -0.2) is 27.8 Å². The lowest BCUT2D eigenvalue weighted by Crippen LogP contribution is -2.20. The molecule has 0 aliphatic heterocycles. The number of para-hydroxylation sites is 2. The van der Waals surface area contributed by atoms with E-state index in [1.807, 2.05) is 61.5 Å². The quantitative estimate of drug-likeness (QED) is 0.410. The van der Waals surface area contributed by atoms with Crippen molar-refractivity contribution in [1.29, 1.82) is 0 Å². The van der Waals surface area contributed by atoms with Crippen molar-refractivity contribution in [2.75, 3.05) is 5.75 Å². The second-order valence-electron chi connectivity index (χ2n) is 5.36. The van der Waals surface area contributed by atoms with Gasteiger partial charge < -0.3 is 4.98 Å². The number of aromatic amines is 1. The van der Waals surface area contributed by atoms with Gasteiger partial charge in [0, 0.05) is 12.1 Å². The Labute approximate surface area is 144 Å². The minimum Gasteiger partial charge on any atom is -0.333 e. The molecule has 0 aliphatic carbocycles. The number of nitrogens with one attached hydrogen (secondary N) is 2. The van der Waals surface area contributed by atoms with Crippen molar-refractivity contribution in [3.8, 4) is 0 Å². The summed E-state index contributed by atoms with van der Waals surface area (Å²) in [7, 11) is 0. The van der Waals surface area contributed by atoms with Gasteiger partial charge in [-0.05, 0) is 17.7 Å². The molecule has 6 heteroatoms. The van der Waals surface area contributed by atoms with Gasteiger partial charge in [-0.15, -0.1) is 0 Å². The molecule has 5 nitrogen and oxygen atoms in total. The Morgan fingerprint density at radius 2 is 2.00 bits per heavy atom. The van der Waals surface area contributed by atoms with E-state index < -0.39 is 0 Å². The fourth-order valence-corrected chi connectivity index (χ4v) is 2.91. The molecule has 122 valence electrons. The van der Waals surface area contributed by atoms with E-state index in [-0.39, 0.29) is 17.6 Å². The Morgan fingerprint density at radius 1 is 1.25 bits per heavy atom. The number of hydrogen-bond acceptors (Lipinski definition) is 4. The molecule has 1 unspecified atom stereocenters. The molecular weight excluding hydrogens is 320 g/mol. The highest BCUT2D eigenvalue weighted by Gasteiger charge is 2.06. The zero-order chi connectivity index (χ0) is 16.8. The predicted molar refractivity (Wildman–Crippen MR) is 98.3 cm³/mol. The van der Waals surface area contributed by atoms with Crippen molar-refractivity contribution >= 4 is 34.9 Å². The number of amides is 1. The number of hydrogen-bond donors (Lipinski definition) is 2. The van der Waals surface area contributed by atoms with Crippen LogP contribution in [0.25, 0.3) is 11.0 Å². The van der Waals surface area contributed by atoms with E-state index in [2.05, 4.69) is 20.5 Å². The third kappa shape index (κ3) is 4.23. The van der Waals surface area contributed by atoms with Crippen LogP contribution in [0.2, 0.25) is 0 Å². The van der Waals surface area contributed by atoms with Crippen LogP contribution in [0.3, 0.4) is 0 Å². The van der Waals surface area contributed by atoms with Crippen LogP contribution in [-0.2, 0) is 4.79 Å². The van der Waals surface area contributed by atoms with Crippen molar-refractivity contribution < 1.29 is 4.79 Å². The maximum atomic E-state index is 11.9. The minimum atomic E-state index is -0.156. The number of benzene rings is 2. The Hall–Kier alpha value is -2.60. The first kappa shape index (κ1) is 16.3. The van der Waals surface area contributed by atoms with Crippen molar-refractivity contribution in [1.82, 2.24) is 15.4 Å². The smallest absolute Gasteiger partial charge is 0.250 e. The normalized spacial score (nSPS) is 12.5. The van der Waals surface area contributed by atoms with E-state index in [4.69, 9.17) is 0 Å². The average Bonchev–Trinajstić information content (AvgIpc) is 3.03. The Balaban J connectivity index is 1.48. The summed E-state index contributed by atoms with van der Waals surface area (Å²) in [6.45, 7) is 2.04. The van der Waals surface area contributed by atoms with E-state index in [1.54, 1.807) is 6.21 Å². The molecule has 2 aromatic carbocycles. The molecule has 0 fully saturated rings. The molecule has 0 saturated carbocycles.